The van der Waals surface area contributed by atoms with Gasteiger partial charge >= 0.3 is 0 Å². The minimum Gasteiger partial charge on any atom is -0.376 e. The van der Waals surface area contributed by atoms with Crippen molar-refractivity contribution >= 4 is 44.4 Å². The van der Waals surface area contributed by atoms with E-state index in [1.807, 2.05) is 23.1 Å². The Morgan fingerprint density at radius 2 is 2.13 bits per heavy atom. The van der Waals surface area contributed by atoms with Gasteiger partial charge in [0.2, 0.25) is 0 Å². The number of fused-ring (bicyclic) bond motifs is 1. The molecule has 0 saturated carbocycles. The molecule has 158 valence electrons. The van der Waals surface area contributed by atoms with Crippen LogP contribution in [-0.4, -0.2) is 35.9 Å². The molecule has 1 atom stereocenters. The topological polar surface area (TPSA) is 42.4 Å². The van der Waals surface area contributed by atoms with E-state index in [2.05, 4.69) is 45.0 Å². The highest BCUT2D eigenvalue weighted by Gasteiger charge is 2.27. The number of carbonyl (C=O) groups excluding carboxylic acids is 1. The van der Waals surface area contributed by atoms with Crippen LogP contribution in [0.5, 0.6) is 0 Å². The first-order valence-corrected chi connectivity index (χ1v) is 12.4. The third-order valence-electron chi connectivity index (χ3n) is 5.34. The summed E-state index contributed by atoms with van der Waals surface area (Å²) in [5.41, 5.74) is 2.93. The molecule has 2 aromatic carbocycles. The van der Waals surface area contributed by atoms with Gasteiger partial charge in [-0.15, -0.1) is 11.8 Å². The van der Waals surface area contributed by atoms with Crippen molar-refractivity contribution in [2.75, 3.05) is 23.8 Å². The van der Waals surface area contributed by atoms with Crippen LogP contribution in [0.4, 0.5) is 5.13 Å². The lowest BCUT2D eigenvalue weighted by Gasteiger charge is -2.23. The van der Waals surface area contributed by atoms with E-state index in [1.165, 1.54) is 5.56 Å². The Balaban J connectivity index is 1.73. The van der Waals surface area contributed by atoms with Gasteiger partial charge in [0.1, 0.15) is 0 Å². The van der Waals surface area contributed by atoms with Gasteiger partial charge in [-0.05, 0) is 54.3 Å². The van der Waals surface area contributed by atoms with Crippen LogP contribution in [0.25, 0.3) is 10.2 Å². The van der Waals surface area contributed by atoms with Gasteiger partial charge in [-0.3, -0.25) is 9.69 Å². The van der Waals surface area contributed by atoms with E-state index in [0.717, 1.165) is 45.4 Å². The summed E-state index contributed by atoms with van der Waals surface area (Å²) in [7, 11) is 0. The molecule has 1 fully saturated rings. The van der Waals surface area contributed by atoms with Crippen molar-refractivity contribution in [3.05, 3.63) is 53.6 Å². The first-order chi connectivity index (χ1) is 14.6. The summed E-state index contributed by atoms with van der Waals surface area (Å²) in [6, 6.07) is 14.2. The number of para-hydroxylation sites is 1. The van der Waals surface area contributed by atoms with Crippen molar-refractivity contribution in [3.8, 4) is 0 Å². The third kappa shape index (κ3) is 4.56. The Hall–Kier alpha value is -1.89. The lowest BCUT2D eigenvalue weighted by molar-refractivity contribution is 0.0917. The molecule has 0 aliphatic carbocycles. The molecule has 6 heteroatoms. The van der Waals surface area contributed by atoms with Crippen LogP contribution in [0.2, 0.25) is 0 Å². The fraction of sp³-hybridized carbons (Fsp3) is 0.417. The summed E-state index contributed by atoms with van der Waals surface area (Å²) in [5.74, 6) is 1.36. The first kappa shape index (κ1) is 21.3. The van der Waals surface area contributed by atoms with Gasteiger partial charge in [0.25, 0.3) is 5.91 Å². The fourth-order valence-electron chi connectivity index (χ4n) is 3.82. The lowest BCUT2D eigenvalue weighted by atomic mass is 10.0. The number of hydrogen-bond donors (Lipinski definition) is 0. The number of benzene rings is 2. The maximum absolute atomic E-state index is 13.6. The van der Waals surface area contributed by atoms with E-state index in [-0.39, 0.29) is 12.0 Å². The van der Waals surface area contributed by atoms with Crippen molar-refractivity contribution in [2.45, 2.75) is 50.5 Å². The number of aromatic nitrogens is 1. The normalized spacial score (nSPS) is 16.5. The van der Waals surface area contributed by atoms with Crippen LogP contribution in [0.1, 0.15) is 55.5 Å². The molecule has 0 bridgehead atoms. The molecule has 0 radical (unpaired) electrons. The number of amides is 1. The van der Waals surface area contributed by atoms with Crippen LogP contribution in [0.3, 0.4) is 0 Å². The van der Waals surface area contributed by atoms with Gasteiger partial charge in [-0.25, -0.2) is 4.98 Å². The minimum atomic E-state index is -0.00536. The largest absolute Gasteiger partial charge is 0.376 e. The average Bonchev–Trinajstić information content (AvgIpc) is 3.41. The monoisotopic (exact) mass is 440 g/mol. The van der Waals surface area contributed by atoms with Crippen LogP contribution >= 0.6 is 23.1 Å². The molecule has 1 unspecified atom stereocenters. The molecule has 1 amide bonds. The zero-order chi connectivity index (χ0) is 21.1. The number of thioether (sulfide) groups is 1. The molecular formula is C24H28N2O2S2. The van der Waals surface area contributed by atoms with Crippen LogP contribution in [-0.2, 0) is 4.74 Å². The maximum atomic E-state index is 13.6. The first-order valence-electron chi connectivity index (χ1n) is 10.6. The minimum absolute atomic E-state index is 0.00536. The molecule has 3 aromatic rings. The summed E-state index contributed by atoms with van der Waals surface area (Å²) in [6.45, 7) is 7.80. The summed E-state index contributed by atoms with van der Waals surface area (Å²) in [5, 5.41) is 0.757. The zero-order valence-corrected chi connectivity index (χ0v) is 19.4. The molecule has 1 aromatic heterocycles. The average molecular weight is 441 g/mol. The van der Waals surface area contributed by atoms with Crippen molar-refractivity contribution in [3.63, 3.8) is 0 Å². The quantitative estimate of drug-likeness (QED) is 0.401. The number of hydrogen-bond acceptors (Lipinski definition) is 5. The van der Waals surface area contributed by atoms with E-state index in [0.29, 0.717) is 18.0 Å². The molecule has 1 aliphatic rings. The Morgan fingerprint density at radius 1 is 1.30 bits per heavy atom. The molecule has 30 heavy (non-hydrogen) atoms. The Morgan fingerprint density at radius 3 is 2.87 bits per heavy atom. The van der Waals surface area contributed by atoms with Crippen molar-refractivity contribution < 1.29 is 9.53 Å². The van der Waals surface area contributed by atoms with E-state index in [1.54, 1.807) is 23.1 Å². The number of nitrogens with zero attached hydrogens (tertiary/aromatic N) is 2. The highest BCUT2D eigenvalue weighted by atomic mass is 32.2. The molecule has 0 spiro atoms. The molecule has 1 aliphatic heterocycles. The number of carbonyl (C=O) groups is 1. The number of rotatable bonds is 7. The lowest BCUT2D eigenvalue weighted by Crippen LogP contribution is -2.37. The standard InChI is InChI=1S/C24H28N2O2S2/c1-4-29-19-10-5-8-17(14-19)23(27)26(15-18-9-7-13-28-18)24-25-22-20(16(2)3)11-6-12-21(22)30-24/h5-6,8,10-12,14,16,18H,4,7,9,13,15H2,1-3H3. The second-order valence-corrected chi connectivity index (χ2v) is 10.2. The second kappa shape index (κ2) is 9.50. The Bertz CT molecular complexity index is 1020. The number of anilines is 1. The van der Waals surface area contributed by atoms with Gasteiger partial charge in [0, 0.05) is 17.1 Å². The van der Waals surface area contributed by atoms with Crippen LogP contribution < -0.4 is 4.90 Å². The van der Waals surface area contributed by atoms with Crippen molar-refractivity contribution in [1.29, 1.82) is 0 Å². The van der Waals surface area contributed by atoms with Gasteiger partial charge in [-0.1, -0.05) is 50.3 Å². The molecule has 0 N–H and O–H groups in total. The predicted octanol–water partition coefficient (Wildman–Crippen LogP) is 6.36. The summed E-state index contributed by atoms with van der Waals surface area (Å²) >= 11 is 3.34. The fourth-order valence-corrected chi connectivity index (χ4v) is 5.55. The van der Waals surface area contributed by atoms with Crippen molar-refractivity contribution in [2.24, 2.45) is 0 Å². The molecule has 4 nitrogen and oxygen atoms in total. The SMILES string of the molecule is CCSc1cccc(C(=O)N(CC2CCCO2)c2nc3c(C(C)C)cccc3s2)c1. The molecule has 2 heterocycles. The van der Waals surface area contributed by atoms with Crippen molar-refractivity contribution in [1.82, 2.24) is 4.98 Å². The van der Waals surface area contributed by atoms with E-state index >= 15 is 0 Å². The van der Waals surface area contributed by atoms with Crippen LogP contribution in [0, 0.1) is 0 Å². The summed E-state index contributed by atoms with van der Waals surface area (Å²) in [4.78, 5) is 21.5. The van der Waals surface area contributed by atoms with E-state index in [4.69, 9.17) is 9.72 Å². The molecule has 1 saturated heterocycles. The Labute approximate surface area is 186 Å². The highest BCUT2D eigenvalue weighted by Crippen LogP contribution is 2.35. The number of thiazole rings is 1. The maximum Gasteiger partial charge on any atom is 0.260 e. The summed E-state index contributed by atoms with van der Waals surface area (Å²) < 4.78 is 6.99. The van der Waals surface area contributed by atoms with E-state index < -0.39 is 0 Å². The Kier molecular flexibility index (Phi) is 6.76. The smallest absolute Gasteiger partial charge is 0.260 e. The predicted molar refractivity (Wildman–Crippen MR) is 127 cm³/mol. The number of ether oxygens (including phenoxy) is 1. The van der Waals surface area contributed by atoms with E-state index in [9.17, 15) is 4.79 Å². The van der Waals surface area contributed by atoms with Gasteiger partial charge < -0.3 is 4.74 Å². The summed E-state index contributed by atoms with van der Waals surface area (Å²) in [6.07, 6.45) is 2.10. The highest BCUT2D eigenvalue weighted by molar-refractivity contribution is 7.99. The molecular weight excluding hydrogens is 412 g/mol. The zero-order valence-electron chi connectivity index (χ0n) is 17.8. The van der Waals surface area contributed by atoms with Crippen LogP contribution in [0.15, 0.2) is 47.4 Å². The van der Waals surface area contributed by atoms with Gasteiger partial charge in [0.15, 0.2) is 5.13 Å². The van der Waals surface area contributed by atoms with Gasteiger partial charge in [0.05, 0.1) is 22.9 Å². The molecule has 4 rings (SSSR count). The van der Waals surface area contributed by atoms with Gasteiger partial charge in [-0.2, -0.15) is 0 Å². The second-order valence-electron chi connectivity index (χ2n) is 7.86. The third-order valence-corrected chi connectivity index (χ3v) is 7.26.